The molecule has 0 amide bonds. The van der Waals surface area contributed by atoms with Gasteiger partial charge in [-0.3, -0.25) is 0 Å². The second-order valence-corrected chi connectivity index (χ2v) is 3.69. The minimum absolute atomic E-state index is 0. The van der Waals surface area contributed by atoms with Gasteiger partial charge in [0.25, 0.3) is 0 Å². The molecule has 0 aliphatic carbocycles. The number of hydrogen-bond acceptors (Lipinski definition) is 0. The van der Waals surface area contributed by atoms with E-state index in [9.17, 15) is 0 Å². The van der Waals surface area contributed by atoms with E-state index < -0.39 is 0 Å². The Labute approximate surface area is 105 Å². The summed E-state index contributed by atoms with van der Waals surface area (Å²) in [7, 11) is 0. The van der Waals surface area contributed by atoms with Crippen LogP contribution in [0.2, 0.25) is 0 Å². The first-order valence-electron chi connectivity index (χ1n) is 4.82. The molecule has 82 valence electrons. The maximum Gasteiger partial charge on any atom is 2.00 e. The maximum absolute atomic E-state index is 3.08. The van der Waals surface area contributed by atoms with E-state index >= 15 is 0 Å². The molecule has 0 aliphatic rings. The number of hydrogen-bond donors (Lipinski definition) is 1. The summed E-state index contributed by atoms with van der Waals surface area (Å²) in [4.78, 5) is 3.08. The molecule has 1 N–H and O–H groups in total. The number of H-pyrrole nitrogens is 1. The Balaban J connectivity index is 0.000000245. The summed E-state index contributed by atoms with van der Waals surface area (Å²) >= 11 is 0. The third kappa shape index (κ3) is 5.64. The van der Waals surface area contributed by atoms with Gasteiger partial charge < -0.3 is 4.98 Å². The first kappa shape index (κ1) is 14.3. The molecule has 2 rings (SSSR count). The Morgan fingerprint density at radius 2 is 1.93 bits per heavy atom. The van der Waals surface area contributed by atoms with Crippen molar-refractivity contribution in [2.24, 2.45) is 0 Å². The number of rotatable bonds is 0. The van der Waals surface area contributed by atoms with Crippen molar-refractivity contribution in [3.8, 4) is 0 Å². The first-order chi connectivity index (χ1) is 6.58. The van der Waals surface area contributed by atoms with Crippen LogP contribution in [-0.2, 0) is 19.5 Å². The fourth-order valence-electron chi connectivity index (χ4n) is 1.30. The molecule has 0 saturated carbocycles. The summed E-state index contributed by atoms with van der Waals surface area (Å²) in [6.07, 6.45) is 0. The van der Waals surface area contributed by atoms with Gasteiger partial charge >= 0.3 is 19.5 Å². The third-order valence-corrected chi connectivity index (χ3v) is 1.95. The van der Waals surface area contributed by atoms with Gasteiger partial charge in [-0.25, -0.2) is 23.8 Å². The van der Waals surface area contributed by atoms with Gasteiger partial charge in [-0.2, -0.15) is 17.7 Å². The third-order valence-electron chi connectivity index (χ3n) is 1.95. The zero-order valence-corrected chi connectivity index (χ0v) is 11.4. The summed E-state index contributed by atoms with van der Waals surface area (Å²) in [6, 6.07) is 11.4. The minimum Gasteiger partial charge on any atom is -0.456 e. The maximum atomic E-state index is 3.08. The van der Waals surface area contributed by atoms with E-state index in [-0.39, 0.29) is 19.5 Å². The smallest absolute Gasteiger partial charge is 0.456 e. The van der Waals surface area contributed by atoms with E-state index in [4.69, 9.17) is 0 Å². The van der Waals surface area contributed by atoms with E-state index in [1.165, 1.54) is 16.8 Å². The topological polar surface area (TPSA) is 15.8 Å². The average molecular weight is 288 g/mol. The zero-order chi connectivity index (χ0) is 10.6. The van der Waals surface area contributed by atoms with Gasteiger partial charge in [0.1, 0.15) is 0 Å². The van der Waals surface area contributed by atoms with Crippen LogP contribution >= 0.6 is 0 Å². The molecule has 0 unspecified atom stereocenters. The summed E-state index contributed by atoms with van der Waals surface area (Å²) in [5.41, 5.74) is 5.00. The van der Waals surface area contributed by atoms with E-state index in [1.807, 2.05) is 19.9 Å². The minimum atomic E-state index is 0. The van der Waals surface area contributed by atoms with Crippen molar-refractivity contribution in [1.29, 1.82) is 0 Å². The van der Waals surface area contributed by atoms with Crippen LogP contribution in [0.5, 0.6) is 0 Å². The average Bonchev–Trinajstić information content (AvgIpc) is 2.63. The van der Waals surface area contributed by atoms with Crippen molar-refractivity contribution in [3.05, 3.63) is 52.8 Å². The fraction of sp³-hybridized carbons (Fsp3) is 0.308. The molecule has 0 bridgehead atoms. The van der Waals surface area contributed by atoms with Crippen LogP contribution in [0.1, 0.15) is 22.5 Å². The zero-order valence-electron chi connectivity index (χ0n) is 9.66. The van der Waals surface area contributed by atoms with E-state index in [0.717, 1.165) is 5.69 Å². The largest absolute Gasteiger partial charge is 2.00 e. The van der Waals surface area contributed by atoms with Crippen LogP contribution in [0.4, 0.5) is 0 Å². The first-order valence-corrected chi connectivity index (χ1v) is 4.82. The Kier molecular flexibility index (Phi) is 6.35. The number of aryl methyl sites for hydroxylation is 4. The summed E-state index contributed by atoms with van der Waals surface area (Å²) < 4.78 is 0. The molecule has 1 aromatic heterocycles. The molecule has 0 fully saturated rings. The second kappa shape index (κ2) is 6.68. The molecule has 2 heteroatoms. The van der Waals surface area contributed by atoms with Gasteiger partial charge in [-0.15, -0.1) is 5.69 Å². The predicted octanol–water partition coefficient (Wildman–Crippen LogP) is 3.45. The van der Waals surface area contributed by atoms with Crippen molar-refractivity contribution in [2.75, 3.05) is 0 Å². The summed E-state index contributed by atoms with van der Waals surface area (Å²) in [5.74, 6) is 0. The molecular weight excluding hydrogens is 271 g/mol. The predicted molar refractivity (Wildman–Crippen MR) is 60.6 cm³/mol. The van der Waals surface area contributed by atoms with Gasteiger partial charge in [0.15, 0.2) is 0 Å². The molecule has 0 atom stereocenters. The van der Waals surface area contributed by atoms with Gasteiger partial charge in [0, 0.05) is 0 Å². The van der Waals surface area contributed by atoms with Gasteiger partial charge in [-0.05, 0) is 6.92 Å². The Morgan fingerprint density at radius 3 is 2.07 bits per heavy atom. The van der Waals surface area contributed by atoms with E-state index in [1.54, 1.807) is 0 Å². The molecule has 15 heavy (non-hydrogen) atoms. The molecule has 1 nitrogen and oxygen atoms in total. The molecule has 1 heterocycles. The van der Waals surface area contributed by atoms with Gasteiger partial charge in [-0.1, -0.05) is 26.5 Å². The van der Waals surface area contributed by atoms with Crippen LogP contribution in [-0.4, -0.2) is 4.98 Å². The quantitative estimate of drug-likeness (QED) is 0.564. The van der Waals surface area contributed by atoms with Crippen LogP contribution in [0.3, 0.4) is 0 Å². The standard InChI is InChI=1S/C7H9.C6H8N.Ru/c1-6-3-4-7(2)5-6;1-5-3-4-6(2)7-5;/h3-5H,1-2H3;3,7H,1-2H3;/q2*-1;+2. The van der Waals surface area contributed by atoms with Crippen LogP contribution in [0.15, 0.2) is 24.3 Å². The van der Waals surface area contributed by atoms with Gasteiger partial charge in [0.2, 0.25) is 0 Å². The summed E-state index contributed by atoms with van der Waals surface area (Å²) in [6.45, 7) is 8.22. The molecule has 0 spiro atoms. The van der Waals surface area contributed by atoms with Crippen LogP contribution in [0, 0.1) is 33.8 Å². The normalized spacial score (nSPS) is 8.80. The fourth-order valence-corrected chi connectivity index (χ4v) is 1.30. The van der Waals surface area contributed by atoms with E-state index in [2.05, 4.69) is 43.1 Å². The number of aromatic amines is 1. The number of aromatic nitrogens is 1. The molecule has 1 aromatic carbocycles. The monoisotopic (exact) mass is 289 g/mol. The molecule has 2 aromatic rings. The Hall–Kier alpha value is -0.747. The molecule has 0 aliphatic heterocycles. The molecular formula is C13H17NRu. The number of nitrogens with one attached hydrogen (secondary N) is 1. The molecule has 0 saturated heterocycles. The van der Waals surface area contributed by atoms with Crippen molar-refractivity contribution in [3.63, 3.8) is 0 Å². The van der Waals surface area contributed by atoms with Crippen molar-refractivity contribution < 1.29 is 19.5 Å². The van der Waals surface area contributed by atoms with Crippen LogP contribution in [0.25, 0.3) is 0 Å². The summed E-state index contributed by atoms with van der Waals surface area (Å²) in [5, 5.41) is 0. The Bertz CT molecular complexity index is 313. The van der Waals surface area contributed by atoms with E-state index in [0.29, 0.717) is 0 Å². The Morgan fingerprint density at radius 1 is 1.27 bits per heavy atom. The SMILES string of the molecule is Cc1[c-]cc(C)[nH]1.Cc1cc[c-](C)c1.[Ru+2]. The van der Waals surface area contributed by atoms with Crippen LogP contribution < -0.4 is 0 Å². The van der Waals surface area contributed by atoms with Crippen molar-refractivity contribution in [2.45, 2.75) is 27.7 Å². The van der Waals surface area contributed by atoms with Gasteiger partial charge in [0.05, 0.1) is 0 Å². The molecule has 0 radical (unpaired) electrons. The van der Waals surface area contributed by atoms with Crippen molar-refractivity contribution >= 4 is 0 Å². The second-order valence-electron chi connectivity index (χ2n) is 3.69. The van der Waals surface area contributed by atoms with Crippen molar-refractivity contribution in [1.82, 2.24) is 4.98 Å².